The molecule has 0 N–H and O–H groups in total. The van der Waals surface area contributed by atoms with Gasteiger partial charge in [-0.2, -0.15) is 0 Å². The van der Waals surface area contributed by atoms with Crippen molar-refractivity contribution in [3.63, 3.8) is 0 Å². The predicted molar refractivity (Wildman–Crippen MR) is 243 cm³/mol. The van der Waals surface area contributed by atoms with Crippen LogP contribution in [0.2, 0.25) is 0 Å². The van der Waals surface area contributed by atoms with Crippen LogP contribution in [0.3, 0.4) is 0 Å². The van der Waals surface area contributed by atoms with E-state index in [0.29, 0.717) is 23.8 Å². The average Bonchev–Trinajstić information content (AvgIpc) is 3.68. The summed E-state index contributed by atoms with van der Waals surface area (Å²) in [6.07, 6.45) is 3.55. The van der Waals surface area contributed by atoms with Gasteiger partial charge in [0, 0.05) is 36.7 Å². The molecule has 7 rings (SSSR count). The fourth-order valence-electron chi connectivity index (χ4n) is 9.27. The van der Waals surface area contributed by atoms with Gasteiger partial charge >= 0.3 is 162 Å². The van der Waals surface area contributed by atoms with Crippen LogP contribution in [0.4, 0.5) is 5.69 Å². The van der Waals surface area contributed by atoms with Crippen LogP contribution in [-0.4, -0.2) is 41.2 Å². The second-order valence-corrected chi connectivity index (χ2v) is 18.9. The Bertz CT molecular complexity index is 1950. The normalized spacial score (nSPS) is 18.3. The number of nitrogens with zero attached hydrogens (tertiary/aromatic N) is 2. The zero-order valence-corrected chi connectivity index (χ0v) is 38.5. The molecule has 1 aliphatic carbocycles. The zero-order chi connectivity index (χ0) is 41.0. The molecule has 1 spiro atoms. The third-order valence-electron chi connectivity index (χ3n) is 11.6. The number of ether oxygens (including phenoxy) is 1. The molecule has 2 aliphatic rings. The molecule has 2 atom stereocenters. The van der Waals surface area contributed by atoms with Gasteiger partial charge in [-0.1, -0.05) is 70.2 Å². The zero-order valence-electron chi connectivity index (χ0n) is 35.3. The van der Waals surface area contributed by atoms with E-state index in [2.05, 4.69) is 188 Å². The first kappa shape index (κ1) is 45.0. The molecule has 1 heterocycles. The van der Waals surface area contributed by atoms with Gasteiger partial charge < -0.3 is 9.64 Å². The summed E-state index contributed by atoms with van der Waals surface area (Å²) in [7, 11) is 9.27. The summed E-state index contributed by atoms with van der Waals surface area (Å²) in [5.74, 6) is 1.65. The molecule has 3 nitrogen and oxygen atoms in total. The maximum absolute atomic E-state index is 6.84. The van der Waals surface area contributed by atoms with E-state index in [9.17, 15) is 0 Å². The molecule has 2 unspecified atom stereocenters. The first-order valence-corrected chi connectivity index (χ1v) is 24.2. The van der Waals surface area contributed by atoms with Crippen LogP contribution in [-0.2, 0) is 51.9 Å². The first-order valence-electron chi connectivity index (χ1n) is 20.4. The fraction of sp³-hybridized carbons (Fsp3) is 0.392. The molecule has 57 heavy (non-hydrogen) atoms. The van der Waals surface area contributed by atoms with Crippen molar-refractivity contribution < 1.29 is 20.4 Å². The Labute approximate surface area is 360 Å². The Balaban J connectivity index is 0.000000206. The topological polar surface area (TPSA) is 15.7 Å². The minimum atomic E-state index is -0.216. The standard InChI is InChI=1S/C27H36ClN.C22H21N.C2H6O.ClH.Ru/c1-18(2)21-11-9-12-22(19(3)4)25(21)29-24(16-28)27(17-26(29,5)6)15-14-20-10-7-8-13-23(20)27;1-19-10-8-9-15-22(19)18-23(16-20-11-4-2-5-12-20)17-21-13-6-3-7-14-21;1-3-2;;/h7-13,18-19,24H,14-17H2,1-6H3;1-15H,16-18H2;1-2H3;1H;/q;;;;+1/p-1. The van der Waals surface area contributed by atoms with E-state index in [4.69, 9.17) is 21.3 Å². The number of hydrogen-bond acceptors (Lipinski definition) is 3. The molecule has 305 valence electrons. The molecular weight excluding hydrogens is 829 g/mol. The second-order valence-electron chi connectivity index (χ2n) is 16.8. The van der Waals surface area contributed by atoms with Crippen LogP contribution in [0.25, 0.3) is 0 Å². The SMILES string of the molecule is CC(C)c1cccc(C(C)C)c1N1C(CCl)C2(CCc3ccccc32)CC1(C)C.COC.[Cl][Ru]=[CH]c1ccccc1CN(Cc1ccccc1)Cc1ccccc1. The van der Waals surface area contributed by atoms with Crippen molar-refractivity contribution in [2.24, 2.45) is 0 Å². The number of methoxy groups -OCH3 is 1. The van der Waals surface area contributed by atoms with Gasteiger partial charge in [0.1, 0.15) is 0 Å². The molecule has 0 bridgehead atoms. The molecule has 5 aromatic carbocycles. The average molecular weight is 892 g/mol. The maximum atomic E-state index is 6.84. The Morgan fingerprint density at radius 3 is 1.81 bits per heavy atom. The Morgan fingerprint density at radius 2 is 1.26 bits per heavy atom. The molecule has 5 aromatic rings. The number of anilines is 1. The molecule has 0 amide bonds. The molecule has 1 saturated heterocycles. The van der Waals surface area contributed by atoms with Crippen molar-refractivity contribution in [2.45, 2.75) is 109 Å². The number of halogens is 2. The number of para-hydroxylation sites is 1. The Hall–Kier alpha value is -3.11. The third kappa shape index (κ3) is 10.9. The summed E-state index contributed by atoms with van der Waals surface area (Å²) >= 11 is 6.62. The van der Waals surface area contributed by atoms with Gasteiger partial charge in [0.05, 0.1) is 6.04 Å². The van der Waals surface area contributed by atoms with E-state index in [1.165, 1.54) is 63.9 Å². The summed E-state index contributed by atoms with van der Waals surface area (Å²) in [6.45, 7) is 16.9. The number of aryl methyl sites for hydroxylation is 1. The van der Waals surface area contributed by atoms with Crippen molar-refractivity contribution in [3.05, 3.63) is 172 Å². The van der Waals surface area contributed by atoms with Crippen LogP contribution in [0.15, 0.2) is 127 Å². The van der Waals surface area contributed by atoms with Crippen LogP contribution in [0.1, 0.15) is 111 Å². The number of fused-ring (bicyclic) bond motifs is 2. The van der Waals surface area contributed by atoms with Gasteiger partial charge in [0.15, 0.2) is 0 Å². The minimum absolute atomic E-state index is 0.0612. The van der Waals surface area contributed by atoms with E-state index >= 15 is 0 Å². The van der Waals surface area contributed by atoms with E-state index in [1.807, 2.05) is 0 Å². The van der Waals surface area contributed by atoms with Gasteiger partial charge in [-0.15, -0.1) is 11.6 Å². The fourth-order valence-corrected chi connectivity index (χ4v) is 10.9. The van der Waals surface area contributed by atoms with Crippen LogP contribution in [0, 0.1) is 0 Å². The van der Waals surface area contributed by atoms with Gasteiger partial charge in [0.25, 0.3) is 0 Å². The number of hydrogen-bond donors (Lipinski definition) is 0. The van der Waals surface area contributed by atoms with Gasteiger partial charge in [-0.3, -0.25) is 0 Å². The molecule has 0 saturated carbocycles. The first-order chi connectivity index (χ1) is 27.5. The molecule has 6 heteroatoms. The molecule has 1 fully saturated rings. The van der Waals surface area contributed by atoms with Crippen molar-refractivity contribution in [3.8, 4) is 0 Å². The summed E-state index contributed by atoms with van der Waals surface area (Å²) in [5, 5.41) is 0. The monoisotopic (exact) mass is 891 g/mol. The summed E-state index contributed by atoms with van der Waals surface area (Å²) < 4.78 is 6.42. The Kier molecular flexibility index (Phi) is 16.8. The van der Waals surface area contributed by atoms with E-state index in [0.717, 1.165) is 19.6 Å². The Morgan fingerprint density at radius 1 is 0.737 bits per heavy atom. The quantitative estimate of drug-likeness (QED) is 0.0971. The van der Waals surface area contributed by atoms with Gasteiger partial charge in [0.2, 0.25) is 0 Å². The molecule has 0 aromatic heterocycles. The number of benzene rings is 5. The van der Waals surface area contributed by atoms with E-state index < -0.39 is 0 Å². The summed E-state index contributed by atoms with van der Waals surface area (Å²) in [5.41, 5.74) is 12.9. The van der Waals surface area contributed by atoms with Crippen LogP contribution in [0.5, 0.6) is 0 Å². The van der Waals surface area contributed by atoms with Crippen LogP contribution < -0.4 is 4.90 Å². The number of rotatable bonds is 11. The van der Waals surface area contributed by atoms with Crippen LogP contribution >= 0.6 is 21.3 Å². The molecular formula is C51H63Cl2N2ORu. The predicted octanol–water partition coefficient (Wildman–Crippen LogP) is 13.0. The number of alkyl halides is 1. The summed E-state index contributed by atoms with van der Waals surface area (Å²) in [4.78, 5) is 5.23. The van der Waals surface area contributed by atoms with Crippen molar-refractivity contribution in [1.82, 2.24) is 4.90 Å². The van der Waals surface area contributed by atoms with Crippen molar-refractivity contribution in [2.75, 3.05) is 25.0 Å². The second kappa shape index (κ2) is 21.2. The van der Waals surface area contributed by atoms with Crippen molar-refractivity contribution in [1.29, 1.82) is 0 Å². The van der Waals surface area contributed by atoms with E-state index in [1.54, 1.807) is 19.8 Å². The van der Waals surface area contributed by atoms with Crippen molar-refractivity contribution >= 4 is 31.6 Å². The van der Waals surface area contributed by atoms with Gasteiger partial charge in [-0.25, -0.2) is 0 Å². The third-order valence-corrected chi connectivity index (χ3v) is 13.0. The van der Waals surface area contributed by atoms with Gasteiger partial charge in [-0.05, 0) is 67.2 Å². The molecule has 1 aliphatic heterocycles. The van der Waals surface area contributed by atoms with E-state index in [-0.39, 0.29) is 26.6 Å². The summed E-state index contributed by atoms with van der Waals surface area (Å²) in [6, 6.07) is 46.2. The molecule has 0 radical (unpaired) electrons.